The van der Waals surface area contributed by atoms with Crippen molar-refractivity contribution in [2.75, 3.05) is 12.9 Å². The number of hydrogen-bond acceptors (Lipinski definition) is 7. The molecule has 0 saturated heterocycles. The number of rotatable bonds is 6. The molecule has 142 valence electrons. The van der Waals surface area contributed by atoms with E-state index in [1.807, 2.05) is 56.5 Å². The summed E-state index contributed by atoms with van der Waals surface area (Å²) in [4.78, 5) is 5.67. The van der Waals surface area contributed by atoms with Gasteiger partial charge in [-0.15, -0.1) is 16.9 Å². The Morgan fingerprint density at radius 1 is 1.14 bits per heavy atom. The Labute approximate surface area is 166 Å². The highest BCUT2D eigenvalue weighted by Gasteiger charge is 2.20. The molecule has 0 fully saturated rings. The molecule has 2 aromatic carbocycles. The monoisotopic (exact) mass is 393 g/mol. The summed E-state index contributed by atoms with van der Waals surface area (Å²) >= 11 is 1.68. The lowest BCUT2D eigenvalue weighted by Gasteiger charge is -2.06. The van der Waals surface area contributed by atoms with Gasteiger partial charge >= 0.3 is 0 Å². The SMILES string of the molecule is CCOc1ccccc1-c1noc(-c2nnn(-c3cccc(SC)c3)c2C)n1. The van der Waals surface area contributed by atoms with Crippen molar-refractivity contribution in [2.45, 2.75) is 18.7 Å². The Hall–Kier alpha value is -3.13. The third-order valence-electron chi connectivity index (χ3n) is 4.25. The van der Waals surface area contributed by atoms with E-state index in [0.29, 0.717) is 29.8 Å². The smallest absolute Gasteiger partial charge is 0.280 e. The highest BCUT2D eigenvalue weighted by atomic mass is 32.2. The quantitative estimate of drug-likeness (QED) is 0.449. The van der Waals surface area contributed by atoms with Crippen LogP contribution in [0.25, 0.3) is 28.7 Å². The van der Waals surface area contributed by atoms with Crippen LogP contribution < -0.4 is 4.74 Å². The molecule has 0 amide bonds. The normalized spacial score (nSPS) is 11.0. The molecule has 0 aliphatic heterocycles. The molecular weight excluding hydrogens is 374 g/mol. The van der Waals surface area contributed by atoms with Crippen LogP contribution in [0.4, 0.5) is 0 Å². The van der Waals surface area contributed by atoms with Crippen LogP contribution in [0.15, 0.2) is 57.9 Å². The van der Waals surface area contributed by atoms with E-state index in [-0.39, 0.29) is 0 Å². The summed E-state index contributed by atoms with van der Waals surface area (Å²) in [6.07, 6.45) is 2.04. The first-order chi connectivity index (χ1) is 13.7. The zero-order chi connectivity index (χ0) is 19.5. The number of para-hydroxylation sites is 1. The molecule has 28 heavy (non-hydrogen) atoms. The molecule has 8 heteroatoms. The van der Waals surface area contributed by atoms with Crippen LogP contribution in [0, 0.1) is 6.92 Å². The summed E-state index contributed by atoms with van der Waals surface area (Å²) in [6.45, 7) is 4.43. The molecule has 7 nitrogen and oxygen atoms in total. The molecule has 0 unspecified atom stereocenters. The van der Waals surface area contributed by atoms with Crippen LogP contribution in [0.5, 0.6) is 5.75 Å². The molecule has 0 N–H and O–H groups in total. The minimum atomic E-state index is 0.325. The lowest BCUT2D eigenvalue weighted by atomic mass is 10.2. The summed E-state index contributed by atoms with van der Waals surface area (Å²) in [5, 5.41) is 12.6. The van der Waals surface area contributed by atoms with Gasteiger partial charge in [0, 0.05) is 4.90 Å². The average Bonchev–Trinajstić information content (AvgIpc) is 3.35. The van der Waals surface area contributed by atoms with Crippen molar-refractivity contribution < 1.29 is 9.26 Å². The maximum absolute atomic E-state index is 5.66. The highest BCUT2D eigenvalue weighted by molar-refractivity contribution is 7.98. The number of aromatic nitrogens is 5. The van der Waals surface area contributed by atoms with Crippen molar-refractivity contribution in [3.8, 4) is 34.4 Å². The molecule has 0 saturated carbocycles. The number of nitrogens with zero attached hydrogens (tertiary/aromatic N) is 5. The van der Waals surface area contributed by atoms with Crippen molar-refractivity contribution in [1.82, 2.24) is 25.1 Å². The second-order valence-electron chi connectivity index (χ2n) is 5.99. The average molecular weight is 393 g/mol. The van der Waals surface area contributed by atoms with E-state index in [9.17, 15) is 0 Å². The third-order valence-corrected chi connectivity index (χ3v) is 4.97. The number of ether oxygens (including phenoxy) is 1. The summed E-state index contributed by atoms with van der Waals surface area (Å²) in [6, 6.07) is 15.7. The zero-order valence-electron chi connectivity index (χ0n) is 15.8. The van der Waals surface area contributed by atoms with Gasteiger partial charge in [0.1, 0.15) is 5.75 Å². The Morgan fingerprint density at radius 3 is 2.82 bits per heavy atom. The molecule has 0 bridgehead atoms. The van der Waals surface area contributed by atoms with Gasteiger partial charge in [0.25, 0.3) is 5.89 Å². The van der Waals surface area contributed by atoms with Crippen LogP contribution in [0.1, 0.15) is 12.6 Å². The summed E-state index contributed by atoms with van der Waals surface area (Å²) < 4.78 is 12.9. The lowest BCUT2D eigenvalue weighted by molar-refractivity contribution is 0.341. The first kappa shape index (κ1) is 18.2. The molecule has 4 aromatic rings. The molecule has 0 atom stereocenters. The summed E-state index contributed by atoms with van der Waals surface area (Å²) in [5.41, 5.74) is 3.09. The van der Waals surface area contributed by atoms with Crippen LogP contribution in [0.2, 0.25) is 0 Å². The fraction of sp³-hybridized carbons (Fsp3) is 0.200. The van der Waals surface area contributed by atoms with Crippen LogP contribution in [-0.4, -0.2) is 38.0 Å². The fourth-order valence-corrected chi connectivity index (χ4v) is 3.33. The Balaban J connectivity index is 1.70. The van der Waals surface area contributed by atoms with Gasteiger partial charge in [-0.25, -0.2) is 4.68 Å². The van der Waals surface area contributed by atoms with E-state index >= 15 is 0 Å². The molecule has 0 spiro atoms. The standard InChI is InChI=1S/C20H19N5O2S/c1-4-26-17-11-6-5-10-16(17)19-21-20(27-23-19)18-13(2)25(24-22-18)14-8-7-9-15(12-14)28-3/h5-12H,4H2,1-3H3. The topological polar surface area (TPSA) is 78.9 Å². The van der Waals surface area contributed by atoms with Crippen molar-refractivity contribution in [3.63, 3.8) is 0 Å². The minimum absolute atomic E-state index is 0.325. The third kappa shape index (κ3) is 3.38. The largest absolute Gasteiger partial charge is 0.493 e. The molecule has 2 heterocycles. The van der Waals surface area contributed by atoms with Crippen molar-refractivity contribution in [3.05, 3.63) is 54.2 Å². The van der Waals surface area contributed by atoms with Gasteiger partial charge in [-0.2, -0.15) is 4.98 Å². The van der Waals surface area contributed by atoms with Gasteiger partial charge in [0.15, 0.2) is 5.69 Å². The van der Waals surface area contributed by atoms with E-state index in [1.165, 1.54) is 0 Å². The van der Waals surface area contributed by atoms with Crippen molar-refractivity contribution in [2.24, 2.45) is 0 Å². The second-order valence-corrected chi connectivity index (χ2v) is 6.87. The maximum Gasteiger partial charge on any atom is 0.280 e. The van der Waals surface area contributed by atoms with E-state index in [1.54, 1.807) is 16.4 Å². The first-order valence-corrected chi connectivity index (χ1v) is 10.1. The van der Waals surface area contributed by atoms with Gasteiger partial charge in [0.2, 0.25) is 5.82 Å². The zero-order valence-corrected chi connectivity index (χ0v) is 16.6. The number of hydrogen-bond donors (Lipinski definition) is 0. The Morgan fingerprint density at radius 2 is 2.00 bits per heavy atom. The second kappa shape index (κ2) is 7.85. The first-order valence-electron chi connectivity index (χ1n) is 8.84. The maximum atomic E-state index is 5.66. The van der Waals surface area contributed by atoms with Crippen LogP contribution >= 0.6 is 11.8 Å². The van der Waals surface area contributed by atoms with Crippen molar-refractivity contribution >= 4 is 11.8 Å². The molecule has 0 radical (unpaired) electrons. The molecule has 0 aliphatic carbocycles. The van der Waals surface area contributed by atoms with E-state index in [2.05, 4.69) is 32.6 Å². The van der Waals surface area contributed by atoms with E-state index in [0.717, 1.165) is 21.8 Å². The van der Waals surface area contributed by atoms with Gasteiger partial charge in [-0.05, 0) is 50.4 Å². The molecular formula is C20H19N5O2S. The van der Waals surface area contributed by atoms with Gasteiger partial charge in [-0.1, -0.05) is 28.6 Å². The predicted molar refractivity (Wildman–Crippen MR) is 108 cm³/mol. The fourth-order valence-electron chi connectivity index (χ4n) is 2.88. The van der Waals surface area contributed by atoms with Crippen LogP contribution in [0.3, 0.4) is 0 Å². The van der Waals surface area contributed by atoms with Gasteiger partial charge < -0.3 is 9.26 Å². The molecule has 4 rings (SSSR count). The summed E-state index contributed by atoms with van der Waals surface area (Å²) in [5.74, 6) is 1.50. The Bertz CT molecular complexity index is 1110. The highest BCUT2D eigenvalue weighted by Crippen LogP contribution is 2.30. The lowest BCUT2D eigenvalue weighted by Crippen LogP contribution is -1.99. The summed E-state index contributed by atoms with van der Waals surface area (Å²) in [7, 11) is 0. The number of benzene rings is 2. The minimum Gasteiger partial charge on any atom is -0.493 e. The van der Waals surface area contributed by atoms with Gasteiger partial charge in [0.05, 0.1) is 23.6 Å². The Kier molecular flexibility index (Phi) is 5.12. The van der Waals surface area contributed by atoms with E-state index < -0.39 is 0 Å². The van der Waals surface area contributed by atoms with E-state index in [4.69, 9.17) is 9.26 Å². The number of thioether (sulfide) groups is 1. The van der Waals surface area contributed by atoms with Crippen molar-refractivity contribution in [1.29, 1.82) is 0 Å². The van der Waals surface area contributed by atoms with Gasteiger partial charge in [-0.3, -0.25) is 0 Å². The van der Waals surface area contributed by atoms with Crippen LogP contribution in [-0.2, 0) is 0 Å². The predicted octanol–water partition coefficient (Wildman–Crippen LogP) is 4.41. The molecule has 0 aliphatic rings. The molecule has 2 aromatic heterocycles.